The van der Waals surface area contributed by atoms with Gasteiger partial charge in [0.05, 0.1) is 12.0 Å². The monoisotopic (exact) mass is 349 g/mol. The minimum atomic E-state index is -4.66. The minimum Gasteiger partial charge on any atom is -0.478 e. The predicted octanol–water partition coefficient (Wildman–Crippen LogP) is 2.41. The smallest absolute Gasteiger partial charge is 0.390 e. The summed E-state index contributed by atoms with van der Waals surface area (Å²) in [5, 5.41) is 8.32. The van der Waals surface area contributed by atoms with E-state index in [1.54, 1.807) is 0 Å². The van der Waals surface area contributed by atoms with Gasteiger partial charge in [0, 0.05) is 11.6 Å². The van der Waals surface area contributed by atoms with Crippen molar-refractivity contribution in [3.8, 4) is 0 Å². The molecule has 0 aliphatic heterocycles. The molecule has 0 heterocycles. The molecule has 118 valence electrons. The van der Waals surface area contributed by atoms with E-state index in [9.17, 15) is 30.8 Å². The number of nitrogens with one attached hydrogen (secondary N) is 1. The van der Waals surface area contributed by atoms with Gasteiger partial charge in [-0.05, 0) is 12.1 Å². The van der Waals surface area contributed by atoms with Crippen LogP contribution in [0.1, 0.15) is 16.8 Å². The number of carbonyl (C=O) groups is 1. The van der Waals surface area contributed by atoms with Gasteiger partial charge in [0.25, 0.3) is 0 Å². The van der Waals surface area contributed by atoms with E-state index in [0.717, 1.165) is 0 Å². The van der Waals surface area contributed by atoms with Gasteiger partial charge in [-0.25, -0.2) is 22.3 Å². The lowest BCUT2D eigenvalue weighted by Gasteiger charge is -2.11. The van der Waals surface area contributed by atoms with Crippen LogP contribution in [0.3, 0.4) is 0 Å². The molecule has 1 aromatic carbocycles. The molecule has 5 nitrogen and oxygen atoms in total. The van der Waals surface area contributed by atoms with Gasteiger partial charge in [-0.2, -0.15) is 13.2 Å². The topological polar surface area (TPSA) is 83.5 Å². The first-order valence-corrected chi connectivity index (χ1v) is 7.09. The third-order valence-corrected chi connectivity index (χ3v) is 3.90. The van der Waals surface area contributed by atoms with Crippen molar-refractivity contribution in [1.82, 2.24) is 4.72 Å². The largest absolute Gasteiger partial charge is 0.478 e. The molecule has 0 fully saturated rings. The summed E-state index contributed by atoms with van der Waals surface area (Å²) in [7, 11) is -4.66. The molecule has 0 bridgehead atoms. The molecule has 0 aromatic heterocycles. The van der Waals surface area contributed by atoms with Crippen LogP contribution in [0, 0.1) is 5.82 Å². The van der Waals surface area contributed by atoms with E-state index in [0.29, 0.717) is 12.1 Å². The van der Waals surface area contributed by atoms with Crippen molar-refractivity contribution in [2.45, 2.75) is 17.5 Å². The van der Waals surface area contributed by atoms with Crippen LogP contribution in [-0.4, -0.2) is 32.2 Å². The molecule has 1 aromatic rings. The van der Waals surface area contributed by atoms with Crippen LogP contribution in [-0.2, 0) is 10.0 Å². The lowest BCUT2D eigenvalue weighted by Crippen LogP contribution is -2.29. The fraction of sp³-hybridized carbons (Fsp3) is 0.300. The first-order chi connectivity index (χ1) is 9.44. The highest BCUT2D eigenvalue weighted by atomic mass is 35.5. The number of sulfonamides is 1. The number of alkyl halides is 3. The molecule has 1 rings (SSSR count). The molecule has 0 saturated carbocycles. The van der Waals surface area contributed by atoms with Gasteiger partial charge in [0.15, 0.2) is 5.82 Å². The lowest BCUT2D eigenvalue weighted by molar-refractivity contribution is -0.132. The van der Waals surface area contributed by atoms with Crippen LogP contribution >= 0.6 is 11.6 Å². The quantitative estimate of drug-likeness (QED) is 0.800. The average Bonchev–Trinajstić information content (AvgIpc) is 2.29. The zero-order valence-electron chi connectivity index (χ0n) is 10.0. The molecular weight excluding hydrogens is 342 g/mol. The van der Waals surface area contributed by atoms with Gasteiger partial charge < -0.3 is 5.11 Å². The van der Waals surface area contributed by atoms with E-state index >= 15 is 0 Å². The third-order valence-electron chi connectivity index (χ3n) is 2.22. The number of benzene rings is 1. The fourth-order valence-electron chi connectivity index (χ4n) is 1.32. The molecule has 0 aliphatic carbocycles. The van der Waals surface area contributed by atoms with Crippen molar-refractivity contribution in [3.63, 3.8) is 0 Å². The molecule has 0 amide bonds. The first kappa shape index (κ1) is 17.7. The summed E-state index contributed by atoms with van der Waals surface area (Å²) >= 11 is 5.48. The van der Waals surface area contributed by atoms with Crippen LogP contribution in [0.2, 0.25) is 5.02 Å². The molecular formula is C10H8ClF4NO4S. The number of hydrogen-bond donors (Lipinski definition) is 2. The molecule has 0 aliphatic rings. The first-order valence-electron chi connectivity index (χ1n) is 5.23. The molecule has 21 heavy (non-hydrogen) atoms. The van der Waals surface area contributed by atoms with Crippen molar-refractivity contribution in [3.05, 3.63) is 28.5 Å². The van der Waals surface area contributed by atoms with Crippen LogP contribution in [0.4, 0.5) is 17.6 Å². The van der Waals surface area contributed by atoms with Gasteiger partial charge in [-0.15, -0.1) is 0 Å². The van der Waals surface area contributed by atoms with Crippen LogP contribution in [0.5, 0.6) is 0 Å². The molecule has 0 radical (unpaired) electrons. The Morgan fingerprint density at radius 3 is 2.38 bits per heavy atom. The van der Waals surface area contributed by atoms with Crippen molar-refractivity contribution >= 4 is 27.6 Å². The number of aromatic carboxylic acids is 1. The third kappa shape index (κ3) is 4.83. The Morgan fingerprint density at radius 2 is 1.90 bits per heavy atom. The van der Waals surface area contributed by atoms with Crippen LogP contribution < -0.4 is 4.72 Å². The molecule has 0 unspecified atom stereocenters. The number of carboxylic acid groups (broad SMARTS) is 1. The fourth-order valence-corrected chi connectivity index (χ4v) is 2.76. The summed E-state index contributed by atoms with van der Waals surface area (Å²) in [6.07, 6.45) is -6.05. The van der Waals surface area contributed by atoms with Crippen molar-refractivity contribution in [1.29, 1.82) is 0 Å². The van der Waals surface area contributed by atoms with Gasteiger partial charge in [-0.1, -0.05) is 11.6 Å². The molecule has 0 saturated heterocycles. The average molecular weight is 350 g/mol. The molecule has 2 N–H and O–H groups in total. The Balaban J connectivity index is 3.12. The lowest BCUT2D eigenvalue weighted by atomic mass is 10.2. The van der Waals surface area contributed by atoms with Gasteiger partial charge in [0.2, 0.25) is 10.0 Å². The van der Waals surface area contributed by atoms with E-state index in [4.69, 9.17) is 16.7 Å². The van der Waals surface area contributed by atoms with Crippen LogP contribution in [0.15, 0.2) is 17.0 Å². The SMILES string of the molecule is O=C(O)c1cc(Cl)cc(S(=O)(=O)NCCC(F)(F)F)c1F. The summed E-state index contributed by atoms with van der Waals surface area (Å²) in [4.78, 5) is 9.61. The molecule has 0 spiro atoms. The Kier molecular flexibility index (Phi) is 5.18. The van der Waals surface area contributed by atoms with Gasteiger partial charge >= 0.3 is 12.1 Å². The number of rotatable bonds is 5. The highest BCUT2D eigenvalue weighted by Gasteiger charge is 2.29. The zero-order chi connectivity index (χ0) is 16.4. The Labute approximate surface area is 121 Å². The Hall–Kier alpha value is -1.39. The second kappa shape index (κ2) is 6.16. The van der Waals surface area contributed by atoms with Crippen molar-refractivity contribution < 1.29 is 35.9 Å². The molecule has 11 heteroatoms. The van der Waals surface area contributed by atoms with Gasteiger partial charge in [0.1, 0.15) is 4.90 Å². The number of carboxylic acids is 1. The standard InChI is InChI=1S/C10H8ClF4NO4S/c11-5-3-6(9(17)18)8(12)7(4-5)21(19,20)16-2-1-10(13,14)15/h3-4,16H,1-2H2,(H,17,18). The highest BCUT2D eigenvalue weighted by Crippen LogP contribution is 2.24. The second-order valence-corrected chi connectivity index (χ2v) is 6.01. The maximum atomic E-state index is 13.8. The van der Waals surface area contributed by atoms with E-state index in [1.807, 2.05) is 0 Å². The van der Waals surface area contributed by atoms with E-state index in [2.05, 4.69) is 0 Å². The Bertz CT molecular complexity index is 660. The van der Waals surface area contributed by atoms with Gasteiger partial charge in [-0.3, -0.25) is 0 Å². The highest BCUT2D eigenvalue weighted by molar-refractivity contribution is 7.89. The zero-order valence-corrected chi connectivity index (χ0v) is 11.6. The number of hydrogen-bond acceptors (Lipinski definition) is 3. The van der Waals surface area contributed by atoms with E-state index in [-0.39, 0.29) is 5.02 Å². The molecule has 0 atom stereocenters. The summed E-state index contributed by atoms with van der Waals surface area (Å²) in [6, 6.07) is 1.30. The predicted molar refractivity (Wildman–Crippen MR) is 64.2 cm³/mol. The van der Waals surface area contributed by atoms with Crippen molar-refractivity contribution in [2.24, 2.45) is 0 Å². The summed E-state index contributed by atoms with van der Waals surface area (Å²) < 4.78 is 74.5. The summed E-state index contributed by atoms with van der Waals surface area (Å²) in [6.45, 7) is -1.01. The maximum Gasteiger partial charge on any atom is 0.390 e. The van der Waals surface area contributed by atoms with Crippen molar-refractivity contribution in [2.75, 3.05) is 6.54 Å². The normalized spacial score (nSPS) is 12.4. The van der Waals surface area contributed by atoms with E-state index < -0.39 is 51.4 Å². The second-order valence-electron chi connectivity index (χ2n) is 3.83. The van der Waals surface area contributed by atoms with Crippen LogP contribution in [0.25, 0.3) is 0 Å². The minimum absolute atomic E-state index is 0.384. The summed E-state index contributed by atoms with van der Waals surface area (Å²) in [5.41, 5.74) is -1.00. The Morgan fingerprint density at radius 1 is 1.33 bits per heavy atom. The summed E-state index contributed by atoms with van der Waals surface area (Å²) in [5.74, 6) is -3.37. The van der Waals surface area contributed by atoms with E-state index in [1.165, 1.54) is 4.72 Å². The number of halogens is 5. The maximum absolute atomic E-state index is 13.8.